The summed E-state index contributed by atoms with van der Waals surface area (Å²) >= 11 is 3.05. The van der Waals surface area contributed by atoms with E-state index in [0.717, 1.165) is 20.7 Å². The molecule has 0 spiro atoms. The fourth-order valence-electron chi connectivity index (χ4n) is 3.01. The van der Waals surface area contributed by atoms with Gasteiger partial charge in [-0.25, -0.2) is 4.98 Å². The first kappa shape index (κ1) is 20.4. The highest BCUT2D eigenvalue weighted by Crippen LogP contribution is 2.31. The maximum atomic E-state index is 13.4. The van der Waals surface area contributed by atoms with Gasteiger partial charge in [0.1, 0.15) is 0 Å². The molecule has 4 aromatic rings. The summed E-state index contributed by atoms with van der Waals surface area (Å²) in [5, 5.41) is 8.48. The van der Waals surface area contributed by atoms with Crippen molar-refractivity contribution in [1.29, 1.82) is 0 Å². The van der Waals surface area contributed by atoms with Crippen molar-refractivity contribution in [3.8, 4) is 0 Å². The van der Waals surface area contributed by atoms with Gasteiger partial charge in [0.15, 0.2) is 0 Å². The number of carbonyl (C=O) groups is 1. The minimum atomic E-state index is -0.195. The van der Waals surface area contributed by atoms with Crippen LogP contribution in [-0.2, 0) is 5.41 Å². The van der Waals surface area contributed by atoms with Gasteiger partial charge >= 0.3 is 0 Å². The molecule has 0 aliphatic heterocycles. The first-order valence-electron chi connectivity index (χ1n) is 9.71. The smallest absolute Gasteiger partial charge is 0.267 e. The van der Waals surface area contributed by atoms with Gasteiger partial charge in [0.05, 0.1) is 16.4 Å². The number of hydrazone groups is 1. The summed E-state index contributed by atoms with van der Waals surface area (Å²) in [4.78, 5) is 19.0. The summed E-state index contributed by atoms with van der Waals surface area (Å²) in [7, 11) is 0. The van der Waals surface area contributed by atoms with Crippen molar-refractivity contribution in [2.24, 2.45) is 5.10 Å². The Balaban J connectivity index is 1.73. The minimum absolute atomic E-state index is 0.0312. The summed E-state index contributed by atoms with van der Waals surface area (Å²) in [6.07, 6.45) is 1.71. The molecule has 4 nitrogen and oxygen atoms in total. The number of anilines is 1. The van der Waals surface area contributed by atoms with Crippen LogP contribution in [0.4, 0.5) is 5.13 Å². The minimum Gasteiger partial charge on any atom is -0.267 e. The number of benzene rings is 2. The van der Waals surface area contributed by atoms with Gasteiger partial charge < -0.3 is 0 Å². The average molecular weight is 434 g/mol. The topological polar surface area (TPSA) is 45.6 Å². The molecule has 0 atom stereocenters. The molecule has 0 aliphatic rings. The van der Waals surface area contributed by atoms with E-state index >= 15 is 0 Å². The lowest BCUT2D eigenvalue weighted by Crippen LogP contribution is -2.25. The van der Waals surface area contributed by atoms with E-state index in [1.807, 2.05) is 60.8 Å². The van der Waals surface area contributed by atoms with Crippen molar-refractivity contribution in [1.82, 2.24) is 4.98 Å². The number of nitrogens with zero attached hydrogens (tertiary/aromatic N) is 3. The molecule has 4 rings (SSSR count). The number of rotatable bonds is 4. The number of hydrogen-bond donors (Lipinski definition) is 0. The molecule has 0 aliphatic carbocycles. The molecule has 0 bridgehead atoms. The second-order valence-corrected chi connectivity index (χ2v) is 10.2. The van der Waals surface area contributed by atoms with E-state index in [0.29, 0.717) is 10.7 Å². The van der Waals surface area contributed by atoms with Crippen LogP contribution in [-0.4, -0.2) is 17.1 Å². The highest BCUT2D eigenvalue weighted by atomic mass is 32.1. The predicted octanol–water partition coefficient (Wildman–Crippen LogP) is 6.64. The lowest BCUT2D eigenvalue weighted by molar-refractivity contribution is 0.0988. The Labute approximate surface area is 184 Å². The lowest BCUT2D eigenvalue weighted by Gasteiger charge is -2.19. The summed E-state index contributed by atoms with van der Waals surface area (Å²) in [6.45, 7) is 8.52. The molecule has 6 heteroatoms. The van der Waals surface area contributed by atoms with Crippen LogP contribution in [0.25, 0.3) is 10.2 Å². The Bertz CT molecular complexity index is 1200. The van der Waals surface area contributed by atoms with E-state index in [4.69, 9.17) is 0 Å². The van der Waals surface area contributed by atoms with E-state index in [-0.39, 0.29) is 11.3 Å². The number of aryl methyl sites for hydroxylation is 1. The third-order valence-electron chi connectivity index (χ3n) is 4.75. The third kappa shape index (κ3) is 4.35. The fraction of sp³-hybridized carbons (Fsp3) is 0.208. The van der Waals surface area contributed by atoms with Gasteiger partial charge in [-0.05, 0) is 59.2 Å². The monoisotopic (exact) mass is 433 g/mol. The van der Waals surface area contributed by atoms with Gasteiger partial charge in [-0.15, -0.1) is 11.3 Å². The van der Waals surface area contributed by atoms with Crippen LogP contribution in [0.5, 0.6) is 0 Å². The molecule has 0 fully saturated rings. The third-order valence-corrected chi connectivity index (χ3v) is 6.55. The van der Waals surface area contributed by atoms with E-state index in [1.165, 1.54) is 21.9 Å². The molecule has 0 radical (unpaired) electrons. The quantitative estimate of drug-likeness (QED) is 0.267. The zero-order valence-corrected chi connectivity index (χ0v) is 19.1. The SMILES string of the molecule is Cc1ccc2nc(N(/N=C/c3cccs3)C(=O)c3ccc(C(C)(C)C)cc3)sc2c1. The second kappa shape index (κ2) is 8.13. The molecule has 0 unspecified atom stereocenters. The first-order valence-corrected chi connectivity index (χ1v) is 11.4. The summed E-state index contributed by atoms with van der Waals surface area (Å²) in [5.41, 5.74) is 3.83. The van der Waals surface area contributed by atoms with Crippen LogP contribution in [0.1, 0.15) is 47.1 Å². The van der Waals surface area contributed by atoms with E-state index in [9.17, 15) is 4.79 Å². The summed E-state index contributed by atoms with van der Waals surface area (Å²) in [6, 6.07) is 17.8. The van der Waals surface area contributed by atoms with Crippen LogP contribution in [0.15, 0.2) is 65.1 Å². The highest BCUT2D eigenvalue weighted by molar-refractivity contribution is 7.22. The van der Waals surface area contributed by atoms with Crippen LogP contribution < -0.4 is 5.01 Å². The Kier molecular flexibility index (Phi) is 5.54. The van der Waals surface area contributed by atoms with Crippen molar-refractivity contribution in [2.75, 3.05) is 5.01 Å². The van der Waals surface area contributed by atoms with E-state index < -0.39 is 0 Å². The zero-order valence-electron chi connectivity index (χ0n) is 17.4. The molecular weight excluding hydrogens is 410 g/mol. The van der Waals surface area contributed by atoms with Crippen LogP contribution in [0.2, 0.25) is 0 Å². The van der Waals surface area contributed by atoms with Gasteiger partial charge in [-0.2, -0.15) is 10.1 Å². The molecule has 2 aromatic heterocycles. The Hall–Kier alpha value is -2.83. The normalized spacial score (nSPS) is 12.0. The maximum Gasteiger partial charge on any atom is 0.280 e. The predicted molar refractivity (Wildman–Crippen MR) is 128 cm³/mol. The molecule has 0 saturated heterocycles. The number of aromatic nitrogens is 1. The Morgan fingerprint density at radius 1 is 1.10 bits per heavy atom. The van der Waals surface area contributed by atoms with Crippen LogP contribution in [0, 0.1) is 6.92 Å². The van der Waals surface area contributed by atoms with Crippen molar-refractivity contribution >= 4 is 50.1 Å². The maximum absolute atomic E-state index is 13.4. The highest BCUT2D eigenvalue weighted by Gasteiger charge is 2.22. The number of carbonyl (C=O) groups excluding carboxylic acids is 1. The van der Waals surface area contributed by atoms with Crippen molar-refractivity contribution in [3.05, 3.63) is 81.5 Å². The second-order valence-electron chi connectivity index (χ2n) is 8.17. The summed E-state index contributed by atoms with van der Waals surface area (Å²) < 4.78 is 1.04. The van der Waals surface area contributed by atoms with Crippen LogP contribution >= 0.6 is 22.7 Å². The van der Waals surface area contributed by atoms with Crippen LogP contribution in [0.3, 0.4) is 0 Å². The number of thiazole rings is 1. The molecular formula is C24H23N3OS2. The fourth-order valence-corrected chi connectivity index (χ4v) is 4.61. The summed E-state index contributed by atoms with van der Waals surface area (Å²) in [5.74, 6) is -0.195. The number of thiophene rings is 1. The molecule has 2 heterocycles. The van der Waals surface area contributed by atoms with Crippen molar-refractivity contribution in [2.45, 2.75) is 33.1 Å². The molecule has 0 saturated carbocycles. The van der Waals surface area contributed by atoms with Gasteiger partial charge in [-0.1, -0.05) is 56.4 Å². The zero-order chi connectivity index (χ0) is 21.3. The van der Waals surface area contributed by atoms with Gasteiger partial charge in [0, 0.05) is 10.4 Å². The molecule has 30 heavy (non-hydrogen) atoms. The molecule has 152 valence electrons. The number of amides is 1. The van der Waals surface area contributed by atoms with Gasteiger partial charge in [0.25, 0.3) is 5.91 Å². The largest absolute Gasteiger partial charge is 0.280 e. The van der Waals surface area contributed by atoms with Crippen molar-refractivity contribution < 1.29 is 4.79 Å². The number of hydrogen-bond acceptors (Lipinski definition) is 5. The lowest BCUT2D eigenvalue weighted by atomic mass is 9.87. The molecule has 0 N–H and O–H groups in total. The molecule has 1 amide bonds. The van der Waals surface area contributed by atoms with Crippen molar-refractivity contribution in [3.63, 3.8) is 0 Å². The average Bonchev–Trinajstić information content (AvgIpc) is 3.37. The molecule has 2 aromatic carbocycles. The van der Waals surface area contributed by atoms with Gasteiger partial charge in [0.2, 0.25) is 5.13 Å². The van der Waals surface area contributed by atoms with E-state index in [2.05, 4.69) is 36.9 Å². The standard InChI is InChI=1S/C24H23N3OS2/c1-16-7-12-20-21(14-16)30-23(26-20)27(25-15-19-6-5-13-29-19)22(28)17-8-10-18(11-9-17)24(2,3)4/h5-15H,1-4H3/b25-15+. The Morgan fingerprint density at radius 3 is 2.53 bits per heavy atom. The Morgan fingerprint density at radius 2 is 1.87 bits per heavy atom. The number of fused-ring (bicyclic) bond motifs is 1. The van der Waals surface area contributed by atoms with Gasteiger partial charge in [-0.3, -0.25) is 4.79 Å². The van der Waals surface area contributed by atoms with E-state index in [1.54, 1.807) is 17.6 Å². The first-order chi connectivity index (χ1) is 14.3.